The molecule has 1 aliphatic rings. The zero-order chi connectivity index (χ0) is 22.9. The lowest BCUT2D eigenvalue weighted by Gasteiger charge is -2.22. The number of hydrogen-bond donors (Lipinski definition) is 2. The average Bonchev–Trinajstić information content (AvgIpc) is 3.19. The first-order valence-corrected chi connectivity index (χ1v) is 12.5. The van der Waals surface area contributed by atoms with E-state index >= 15 is 0 Å². The van der Waals surface area contributed by atoms with E-state index in [0.717, 1.165) is 40.6 Å². The molecule has 2 aromatic heterocycles. The quantitative estimate of drug-likeness (QED) is 0.324. The van der Waals surface area contributed by atoms with Crippen LogP contribution in [0.1, 0.15) is 43.2 Å². The number of hydrogen-bond acceptors (Lipinski definition) is 4. The molecule has 2 heterocycles. The minimum atomic E-state index is -0.153. The van der Waals surface area contributed by atoms with Crippen molar-refractivity contribution in [3.63, 3.8) is 0 Å². The second-order valence-corrected chi connectivity index (χ2v) is 9.85. The third-order valence-electron chi connectivity index (χ3n) is 6.40. The van der Waals surface area contributed by atoms with Gasteiger partial charge < -0.3 is 10.3 Å². The number of nitrogens with zero attached hydrogens (tertiary/aromatic N) is 2. The van der Waals surface area contributed by atoms with Crippen molar-refractivity contribution in [3.8, 4) is 5.69 Å². The highest BCUT2D eigenvalue weighted by molar-refractivity contribution is 7.99. The van der Waals surface area contributed by atoms with E-state index in [4.69, 9.17) is 4.98 Å². The molecule has 0 bridgehead atoms. The molecule has 0 saturated heterocycles. The molecular weight excluding hydrogens is 432 g/mol. The van der Waals surface area contributed by atoms with Gasteiger partial charge in [-0.2, -0.15) is 0 Å². The van der Waals surface area contributed by atoms with Crippen molar-refractivity contribution < 1.29 is 4.79 Å². The van der Waals surface area contributed by atoms with Crippen LogP contribution >= 0.6 is 11.8 Å². The number of fused-ring (bicyclic) bond motifs is 3. The molecule has 0 atom stereocenters. The van der Waals surface area contributed by atoms with E-state index in [2.05, 4.69) is 10.3 Å². The lowest BCUT2D eigenvalue weighted by molar-refractivity contribution is -0.119. The summed E-state index contributed by atoms with van der Waals surface area (Å²) in [5.41, 5.74) is 4.68. The maximum absolute atomic E-state index is 13.7. The molecule has 6 nitrogen and oxygen atoms in total. The number of rotatable bonds is 5. The topological polar surface area (TPSA) is 79.8 Å². The summed E-state index contributed by atoms with van der Waals surface area (Å²) < 4.78 is 1.65. The molecule has 0 unspecified atom stereocenters. The predicted molar refractivity (Wildman–Crippen MR) is 134 cm³/mol. The van der Waals surface area contributed by atoms with Gasteiger partial charge in [-0.3, -0.25) is 14.2 Å². The van der Waals surface area contributed by atoms with Gasteiger partial charge in [0.25, 0.3) is 5.56 Å². The summed E-state index contributed by atoms with van der Waals surface area (Å²) in [5.74, 6) is 0.217. The second kappa shape index (κ2) is 9.06. The van der Waals surface area contributed by atoms with Crippen LogP contribution in [0.5, 0.6) is 0 Å². The molecular formula is C26H28N4O2S. The Morgan fingerprint density at radius 1 is 1.15 bits per heavy atom. The molecule has 2 aromatic carbocycles. The van der Waals surface area contributed by atoms with Gasteiger partial charge in [0.2, 0.25) is 5.91 Å². The Balaban J connectivity index is 1.57. The highest BCUT2D eigenvalue weighted by atomic mass is 32.2. The van der Waals surface area contributed by atoms with Gasteiger partial charge >= 0.3 is 0 Å². The first kappa shape index (κ1) is 21.8. The largest absolute Gasteiger partial charge is 0.353 e. The molecule has 4 aromatic rings. The first-order valence-electron chi connectivity index (χ1n) is 11.5. The number of amides is 1. The van der Waals surface area contributed by atoms with Crippen LogP contribution in [0.15, 0.2) is 52.4 Å². The van der Waals surface area contributed by atoms with Gasteiger partial charge in [-0.1, -0.05) is 61.4 Å². The van der Waals surface area contributed by atoms with Crippen molar-refractivity contribution in [2.24, 2.45) is 0 Å². The molecule has 0 spiro atoms. The molecule has 1 aliphatic carbocycles. The van der Waals surface area contributed by atoms with E-state index in [1.807, 2.05) is 56.3 Å². The smallest absolute Gasteiger partial charge is 0.283 e. The van der Waals surface area contributed by atoms with E-state index in [1.54, 1.807) is 4.57 Å². The van der Waals surface area contributed by atoms with Gasteiger partial charge in [0, 0.05) is 16.9 Å². The fraction of sp³-hybridized carbons (Fsp3) is 0.346. The molecule has 33 heavy (non-hydrogen) atoms. The number of para-hydroxylation sites is 1. The van der Waals surface area contributed by atoms with Crippen LogP contribution in [0.4, 0.5) is 0 Å². The summed E-state index contributed by atoms with van der Waals surface area (Å²) >= 11 is 1.32. The number of aromatic nitrogens is 3. The van der Waals surface area contributed by atoms with Crippen LogP contribution in [-0.2, 0) is 4.79 Å². The number of benzene rings is 2. The van der Waals surface area contributed by atoms with Crippen molar-refractivity contribution in [1.29, 1.82) is 0 Å². The second-order valence-electron chi connectivity index (χ2n) is 8.91. The SMILES string of the molecule is Cc1ccc(C)c(-n2c(SCC(=O)NC3CCCCC3)nc3c([nH]c4ccccc43)c2=O)c1. The van der Waals surface area contributed by atoms with E-state index in [0.29, 0.717) is 16.2 Å². The van der Waals surface area contributed by atoms with Crippen molar-refractivity contribution in [1.82, 2.24) is 19.9 Å². The summed E-state index contributed by atoms with van der Waals surface area (Å²) in [6, 6.07) is 14.1. The van der Waals surface area contributed by atoms with Gasteiger partial charge in [-0.15, -0.1) is 0 Å². The molecule has 170 valence electrons. The van der Waals surface area contributed by atoms with Gasteiger partial charge in [0.05, 0.1) is 11.4 Å². The van der Waals surface area contributed by atoms with Crippen LogP contribution in [-0.4, -0.2) is 32.2 Å². The molecule has 5 rings (SSSR count). The minimum absolute atomic E-state index is 0.00677. The van der Waals surface area contributed by atoms with Crippen molar-refractivity contribution >= 4 is 39.6 Å². The summed E-state index contributed by atoms with van der Waals surface area (Å²) in [5, 5.41) is 4.60. The van der Waals surface area contributed by atoms with Crippen LogP contribution in [0.25, 0.3) is 27.6 Å². The van der Waals surface area contributed by atoms with E-state index < -0.39 is 0 Å². The van der Waals surface area contributed by atoms with Crippen LogP contribution < -0.4 is 10.9 Å². The molecule has 7 heteroatoms. The van der Waals surface area contributed by atoms with Crippen molar-refractivity contribution in [2.75, 3.05) is 5.75 Å². The summed E-state index contributed by atoms with van der Waals surface area (Å²) in [6.45, 7) is 3.99. The fourth-order valence-corrected chi connectivity index (χ4v) is 5.47. The molecule has 0 radical (unpaired) electrons. The molecule has 1 saturated carbocycles. The van der Waals surface area contributed by atoms with Crippen molar-refractivity contribution in [3.05, 3.63) is 63.9 Å². The predicted octanol–water partition coefficient (Wildman–Crippen LogP) is 5.02. The fourth-order valence-electron chi connectivity index (χ4n) is 4.66. The minimum Gasteiger partial charge on any atom is -0.353 e. The lowest BCUT2D eigenvalue weighted by atomic mass is 9.95. The van der Waals surface area contributed by atoms with E-state index in [9.17, 15) is 9.59 Å². The molecule has 1 fully saturated rings. The number of aromatic amines is 1. The summed E-state index contributed by atoms with van der Waals surface area (Å²) in [6.07, 6.45) is 5.68. The third kappa shape index (κ3) is 4.29. The number of nitrogens with one attached hydrogen (secondary N) is 2. The number of carbonyl (C=O) groups excluding carboxylic acids is 1. The third-order valence-corrected chi connectivity index (χ3v) is 7.34. The molecule has 0 aliphatic heterocycles. The summed E-state index contributed by atoms with van der Waals surface area (Å²) in [4.78, 5) is 34.6. The normalized spacial score (nSPS) is 14.7. The lowest BCUT2D eigenvalue weighted by Crippen LogP contribution is -2.37. The maximum atomic E-state index is 13.7. The van der Waals surface area contributed by atoms with Crippen LogP contribution in [0.3, 0.4) is 0 Å². The van der Waals surface area contributed by atoms with Gasteiger partial charge in [0.15, 0.2) is 5.16 Å². The Morgan fingerprint density at radius 2 is 1.94 bits per heavy atom. The van der Waals surface area contributed by atoms with Crippen LogP contribution in [0, 0.1) is 13.8 Å². The summed E-state index contributed by atoms with van der Waals surface area (Å²) in [7, 11) is 0. The van der Waals surface area contributed by atoms with Gasteiger partial charge in [0.1, 0.15) is 11.0 Å². The highest BCUT2D eigenvalue weighted by Crippen LogP contribution is 2.27. The van der Waals surface area contributed by atoms with E-state index in [1.165, 1.54) is 31.0 Å². The number of thioether (sulfide) groups is 1. The first-order chi connectivity index (χ1) is 16.0. The van der Waals surface area contributed by atoms with Crippen LogP contribution in [0.2, 0.25) is 0 Å². The Morgan fingerprint density at radius 3 is 2.76 bits per heavy atom. The zero-order valence-electron chi connectivity index (χ0n) is 19.0. The van der Waals surface area contributed by atoms with Gasteiger partial charge in [-0.05, 0) is 49.9 Å². The molecule has 2 N–H and O–H groups in total. The maximum Gasteiger partial charge on any atom is 0.283 e. The number of carbonyl (C=O) groups is 1. The Kier molecular flexibility index (Phi) is 5.98. The standard InChI is InChI=1S/C26H28N4O2S/c1-16-12-13-17(2)21(14-16)30-25(32)24-23(19-10-6-7-11-20(19)28-24)29-26(30)33-15-22(31)27-18-8-4-3-5-9-18/h6-7,10-14,18,28H,3-5,8-9,15H2,1-2H3,(H,27,31). The van der Waals surface area contributed by atoms with Gasteiger partial charge in [-0.25, -0.2) is 4.98 Å². The number of H-pyrrole nitrogens is 1. The average molecular weight is 461 g/mol. The van der Waals surface area contributed by atoms with E-state index in [-0.39, 0.29) is 23.3 Å². The number of aryl methyl sites for hydroxylation is 2. The zero-order valence-corrected chi connectivity index (χ0v) is 19.8. The Bertz CT molecular complexity index is 1400. The van der Waals surface area contributed by atoms with Crippen molar-refractivity contribution in [2.45, 2.75) is 57.1 Å². The molecule has 1 amide bonds. The monoisotopic (exact) mass is 460 g/mol. The Labute approximate surface area is 196 Å². The highest BCUT2D eigenvalue weighted by Gasteiger charge is 2.20. The Hall–Kier alpha value is -3.06.